The fourth-order valence-corrected chi connectivity index (χ4v) is 1.48. The molecule has 1 N–H and O–H groups in total. The summed E-state index contributed by atoms with van der Waals surface area (Å²) in [5, 5.41) is 14.1. The Morgan fingerprint density at radius 3 is 2.69 bits per heavy atom. The van der Waals surface area contributed by atoms with E-state index in [4.69, 9.17) is 0 Å². The zero-order valence-corrected chi connectivity index (χ0v) is 8.67. The summed E-state index contributed by atoms with van der Waals surface area (Å²) in [6, 6.07) is 6.06. The number of para-hydroxylation sites is 1. The van der Waals surface area contributed by atoms with Gasteiger partial charge in [-0.2, -0.15) is 10.1 Å². The maximum absolute atomic E-state index is 11.9. The summed E-state index contributed by atoms with van der Waals surface area (Å²) in [5.41, 5.74) is 0.670. The van der Waals surface area contributed by atoms with Gasteiger partial charge < -0.3 is 5.11 Å². The maximum atomic E-state index is 11.9. The third kappa shape index (κ3) is 1.67. The molecule has 1 aromatic carbocycles. The molecule has 1 aliphatic rings. The first-order valence-electron chi connectivity index (χ1n) is 4.79. The smallest absolute Gasteiger partial charge is 0.284 e. The highest BCUT2D eigenvalue weighted by Gasteiger charge is 2.29. The Morgan fingerprint density at radius 1 is 1.44 bits per heavy atom. The summed E-state index contributed by atoms with van der Waals surface area (Å²) in [5.74, 6) is -1.12. The molecule has 2 amide bonds. The molecule has 0 atom stereocenters. The van der Waals surface area contributed by atoms with Gasteiger partial charge in [0.15, 0.2) is 0 Å². The molecule has 0 fully saturated rings. The predicted octanol–water partition coefficient (Wildman–Crippen LogP) is 1.14. The van der Waals surface area contributed by atoms with Crippen LogP contribution in [0.2, 0.25) is 0 Å². The standard InChI is InChI=1S/C11H10N2O3/c1-7-6-10(15)13(12-7)11(16)8-4-2-3-5-9(8)14/h2-5,14H,6H2,1H3. The second-order valence-corrected chi connectivity index (χ2v) is 3.54. The minimum absolute atomic E-state index is 0.0781. The van der Waals surface area contributed by atoms with Gasteiger partial charge in [0.1, 0.15) is 5.75 Å². The highest BCUT2D eigenvalue weighted by molar-refractivity contribution is 6.14. The average Bonchev–Trinajstić information content (AvgIpc) is 2.58. The first-order chi connectivity index (χ1) is 7.59. The van der Waals surface area contributed by atoms with E-state index < -0.39 is 5.91 Å². The van der Waals surface area contributed by atoms with Gasteiger partial charge in [-0.05, 0) is 19.1 Å². The van der Waals surface area contributed by atoms with Crippen molar-refractivity contribution in [2.75, 3.05) is 0 Å². The topological polar surface area (TPSA) is 70.0 Å². The number of phenolic OH excluding ortho intramolecular Hbond substituents is 1. The van der Waals surface area contributed by atoms with Gasteiger partial charge in [-0.1, -0.05) is 12.1 Å². The largest absolute Gasteiger partial charge is 0.507 e. The van der Waals surface area contributed by atoms with Crippen LogP contribution in [0.25, 0.3) is 0 Å². The second kappa shape index (κ2) is 3.77. The van der Waals surface area contributed by atoms with Gasteiger partial charge in [-0.25, -0.2) is 0 Å². The SMILES string of the molecule is CC1=NN(C(=O)c2ccccc2O)C(=O)C1. The molecule has 82 valence electrons. The fraction of sp³-hybridized carbons (Fsp3) is 0.182. The van der Waals surface area contributed by atoms with Gasteiger partial charge in [0.2, 0.25) is 0 Å². The number of carbonyl (C=O) groups excluding carboxylic acids is 2. The lowest BCUT2D eigenvalue weighted by molar-refractivity contribution is -0.126. The van der Waals surface area contributed by atoms with Crippen molar-refractivity contribution < 1.29 is 14.7 Å². The molecule has 0 bridgehead atoms. The Balaban J connectivity index is 2.34. The van der Waals surface area contributed by atoms with Crippen LogP contribution in [0.1, 0.15) is 23.7 Å². The minimum Gasteiger partial charge on any atom is -0.507 e. The molecule has 0 spiro atoms. The number of imide groups is 1. The Morgan fingerprint density at radius 2 is 2.12 bits per heavy atom. The van der Waals surface area contributed by atoms with Gasteiger partial charge in [0.25, 0.3) is 11.8 Å². The number of phenols is 1. The number of benzene rings is 1. The van der Waals surface area contributed by atoms with E-state index in [-0.39, 0.29) is 23.6 Å². The highest BCUT2D eigenvalue weighted by Crippen LogP contribution is 2.20. The van der Waals surface area contributed by atoms with Crippen molar-refractivity contribution in [1.82, 2.24) is 5.01 Å². The van der Waals surface area contributed by atoms with E-state index in [9.17, 15) is 14.7 Å². The van der Waals surface area contributed by atoms with Crippen molar-refractivity contribution in [3.8, 4) is 5.75 Å². The van der Waals surface area contributed by atoms with E-state index in [1.807, 2.05) is 0 Å². The van der Waals surface area contributed by atoms with Gasteiger partial charge in [0.05, 0.1) is 12.0 Å². The van der Waals surface area contributed by atoms with Gasteiger partial charge in [0, 0.05) is 5.71 Å². The van der Waals surface area contributed by atoms with Crippen molar-refractivity contribution in [2.45, 2.75) is 13.3 Å². The quantitative estimate of drug-likeness (QED) is 0.718. The van der Waals surface area contributed by atoms with Crippen LogP contribution in [-0.2, 0) is 4.79 Å². The normalized spacial score (nSPS) is 15.2. The van der Waals surface area contributed by atoms with E-state index in [1.54, 1.807) is 19.1 Å². The molecule has 0 unspecified atom stereocenters. The lowest BCUT2D eigenvalue weighted by Crippen LogP contribution is -2.28. The predicted molar refractivity (Wildman–Crippen MR) is 57.0 cm³/mol. The molecule has 5 heteroatoms. The van der Waals surface area contributed by atoms with E-state index in [0.717, 1.165) is 5.01 Å². The molecule has 0 aromatic heterocycles. The third-order valence-electron chi connectivity index (χ3n) is 2.24. The number of amides is 2. The van der Waals surface area contributed by atoms with Crippen LogP contribution in [0.3, 0.4) is 0 Å². The molecule has 16 heavy (non-hydrogen) atoms. The Bertz CT molecular complexity index is 494. The maximum Gasteiger partial charge on any atom is 0.284 e. The van der Waals surface area contributed by atoms with Crippen LogP contribution in [0.5, 0.6) is 5.75 Å². The molecule has 1 aliphatic heterocycles. The van der Waals surface area contributed by atoms with E-state index in [2.05, 4.69) is 5.10 Å². The van der Waals surface area contributed by atoms with E-state index in [1.165, 1.54) is 12.1 Å². The number of aromatic hydroxyl groups is 1. The summed E-state index contributed by atoms with van der Waals surface area (Å²) in [6.07, 6.45) is 0.152. The molecule has 5 nitrogen and oxygen atoms in total. The fourth-order valence-electron chi connectivity index (χ4n) is 1.48. The molecule has 0 radical (unpaired) electrons. The van der Waals surface area contributed by atoms with Crippen LogP contribution in [0.15, 0.2) is 29.4 Å². The first-order valence-corrected chi connectivity index (χ1v) is 4.79. The van der Waals surface area contributed by atoms with Crippen LogP contribution in [0, 0.1) is 0 Å². The number of hydrazone groups is 1. The highest BCUT2D eigenvalue weighted by atomic mass is 16.3. The molecule has 1 aromatic rings. The Kier molecular flexibility index (Phi) is 2.44. The summed E-state index contributed by atoms with van der Waals surface area (Å²) in [4.78, 5) is 23.3. The number of nitrogens with zero attached hydrogens (tertiary/aromatic N) is 2. The number of hydrogen-bond donors (Lipinski definition) is 1. The molecule has 0 aliphatic carbocycles. The molecular weight excluding hydrogens is 208 g/mol. The lowest BCUT2D eigenvalue weighted by atomic mass is 10.2. The van der Waals surface area contributed by atoms with Crippen molar-refractivity contribution in [2.24, 2.45) is 5.10 Å². The van der Waals surface area contributed by atoms with Crippen LogP contribution in [0.4, 0.5) is 0 Å². The van der Waals surface area contributed by atoms with Crippen LogP contribution < -0.4 is 0 Å². The zero-order valence-electron chi connectivity index (χ0n) is 8.67. The van der Waals surface area contributed by atoms with Gasteiger partial charge in [-0.3, -0.25) is 9.59 Å². The van der Waals surface area contributed by atoms with Gasteiger partial charge in [-0.15, -0.1) is 0 Å². The summed E-state index contributed by atoms with van der Waals surface area (Å²) >= 11 is 0. The van der Waals surface area contributed by atoms with Crippen molar-refractivity contribution in [1.29, 1.82) is 0 Å². The molecule has 1 heterocycles. The number of hydrogen-bond acceptors (Lipinski definition) is 4. The Hall–Kier alpha value is -2.17. The molecule has 0 saturated heterocycles. The number of carbonyl (C=O) groups is 2. The van der Waals surface area contributed by atoms with E-state index >= 15 is 0 Å². The third-order valence-corrected chi connectivity index (χ3v) is 2.24. The second-order valence-electron chi connectivity index (χ2n) is 3.54. The Labute approximate surface area is 92.0 Å². The van der Waals surface area contributed by atoms with Crippen molar-refractivity contribution in [3.63, 3.8) is 0 Å². The molecular formula is C11H10N2O3. The minimum atomic E-state index is -0.597. The van der Waals surface area contributed by atoms with E-state index in [0.29, 0.717) is 5.71 Å². The molecule has 0 saturated carbocycles. The summed E-state index contributed by atoms with van der Waals surface area (Å²) in [6.45, 7) is 1.68. The van der Waals surface area contributed by atoms with Crippen LogP contribution >= 0.6 is 0 Å². The van der Waals surface area contributed by atoms with Crippen molar-refractivity contribution >= 4 is 17.5 Å². The number of rotatable bonds is 1. The van der Waals surface area contributed by atoms with Crippen LogP contribution in [-0.4, -0.2) is 27.6 Å². The first kappa shape index (κ1) is 10.4. The monoisotopic (exact) mass is 218 g/mol. The molecule has 2 rings (SSSR count). The summed E-state index contributed by atoms with van der Waals surface area (Å²) < 4.78 is 0. The average molecular weight is 218 g/mol. The zero-order chi connectivity index (χ0) is 11.7. The summed E-state index contributed by atoms with van der Waals surface area (Å²) in [7, 11) is 0. The van der Waals surface area contributed by atoms with Crippen molar-refractivity contribution in [3.05, 3.63) is 29.8 Å². The lowest BCUT2D eigenvalue weighted by Gasteiger charge is -2.10. The van der Waals surface area contributed by atoms with Gasteiger partial charge >= 0.3 is 0 Å².